The van der Waals surface area contributed by atoms with Gasteiger partial charge in [0.2, 0.25) is 6.79 Å². The van der Waals surface area contributed by atoms with Gasteiger partial charge in [-0.25, -0.2) is 4.79 Å². The van der Waals surface area contributed by atoms with Gasteiger partial charge in [-0.3, -0.25) is 0 Å². The van der Waals surface area contributed by atoms with Crippen LogP contribution in [0.3, 0.4) is 0 Å². The molecule has 1 aromatic carbocycles. The van der Waals surface area contributed by atoms with Gasteiger partial charge in [-0.15, -0.1) is 0 Å². The lowest BCUT2D eigenvalue weighted by molar-refractivity contribution is 0.0934. The molecular weight excluding hydrogens is 288 g/mol. The van der Waals surface area contributed by atoms with E-state index in [4.69, 9.17) is 14.2 Å². The number of rotatable bonds is 4. The zero-order chi connectivity index (χ0) is 15.4. The second-order valence-electron chi connectivity index (χ2n) is 5.31. The Morgan fingerprint density at radius 1 is 1.32 bits per heavy atom. The van der Waals surface area contributed by atoms with E-state index in [2.05, 4.69) is 5.32 Å². The first kappa shape index (κ1) is 14.8. The van der Waals surface area contributed by atoms with Gasteiger partial charge in [0, 0.05) is 19.2 Å². The number of nitrogens with zero attached hydrogens (tertiary/aromatic N) is 1. The van der Waals surface area contributed by atoms with Gasteiger partial charge in [-0.1, -0.05) is 0 Å². The van der Waals surface area contributed by atoms with Gasteiger partial charge in [0.1, 0.15) is 12.4 Å². The van der Waals surface area contributed by atoms with Crippen LogP contribution in [0.25, 0.3) is 0 Å². The van der Waals surface area contributed by atoms with Crippen LogP contribution in [0.4, 0.5) is 4.79 Å². The molecule has 0 radical (unpaired) electrons. The molecule has 120 valence electrons. The molecule has 3 rings (SSSR count). The van der Waals surface area contributed by atoms with Gasteiger partial charge in [0.05, 0.1) is 12.6 Å². The van der Waals surface area contributed by atoms with Crippen molar-refractivity contribution >= 4 is 6.03 Å². The number of amides is 2. The van der Waals surface area contributed by atoms with Gasteiger partial charge < -0.3 is 29.5 Å². The summed E-state index contributed by atoms with van der Waals surface area (Å²) in [5.41, 5.74) is 0. The lowest BCUT2D eigenvalue weighted by Gasteiger charge is -2.29. The van der Waals surface area contributed by atoms with Crippen molar-refractivity contribution < 1.29 is 24.1 Å². The molecular formula is C15H20N2O5. The van der Waals surface area contributed by atoms with Gasteiger partial charge in [0.15, 0.2) is 11.5 Å². The minimum absolute atomic E-state index is 0.110. The van der Waals surface area contributed by atoms with Gasteiger partial charge in [-0.05, 0) is 25.0 Å². The molecule has 7 heteroatoms. The lowest BCUT2D eigenvalue weighted by atomic mass is 10.1. The summed E-state index contributed by atoms with van der Waals surface area (Å²) in [4.78, 5) is 13.6. The lowest BCUT2D eigenvalue weighted by Crippen LogP contribution is -2.46. The number of urea groups is 1. The minimum Gasteiger partial charge on any atom is -0.492 e. The Hall–Kier alpha value is -2.15. The van der Waals surface area contributed by atoms with Crippen LogP contribution in [0.15, 0.2) is 18.2 Å². The number of likely N-dealkylation sites (tertiary alicyclic amines) is 1. The monoisotopic (exact) mass is 308 g/mol. The molecule has 2 amide bonds. The third-order valence-corrected chi connectivity index (χ3v) is 3.74. The van der Waals surface area contributed by atoms with Crippen molar-refractivity contribution in [2.45, 2.75) is 18.9 Å². The predicted molar refractivity (Wildman–Crippen MR) is 78.3 cm³/mol. The third-order valence-electron chi connectivity index (χ3n) is 3.74. The number of carbonyl (C=O) groups is 1. The molecule has 1 fully saturated rings. The highest BCUT2D eigenvalue weighted by Gasteiger charge is 2.20. The Morgan fingerprint density at radius 3 is 2.91 bits per heavy atom. The number of carbonyl (C=O) groups excluding carboxylic acids is 1. The highest BCUT2D eigenvalue weighted by atomic mass is 16.7. The topological polar surface area (TPSA) is 80.3 Å². The molecule has 1 saturated heterocycles. The standard InChI is InChI=1S/C15H20N2O5/c18-11-3-6-17(7-4-11)15(19)16-5-8-20-12-1-2-13-14(9-12)22-10-21-13/h1-2,9,11,18H,3-8,10H2,(H,16,19). The molecule has 0 saturated carbocycles. The zero-order valence-electron chi connectivity index (χ0n) is 12.3. The predicted octanol–water partition coefficient (Wildman–Crippen LogP) is 0.960. The molecule has 0 bridgehead atoms. The summed E-state index contributed by atoms with van der Waals surface area (Å²) < 4.78 is 16.1. The molecule has 22 heavy (non-hydrogen) atoms. The molecule has 7 nitrogen and oxygen atoms in total. The van der Waals surface area contributed by atoms with Crippen LogP contribution in [-0.2, 0) is 0 Å². The van der Waals surface area contributed by atoms with Crippen molar-refractivity contribution in [1.82, 2.24) is 10.2 Å². The molecule has 0 spiro atoms. The quantitative estimate of drug-likeness (QED) is 0.810. The first-order chi connectivity index (χ1) is 10.7. The Balaban J connectivity index is 1.37. The fourth-order valence-electron chi connectivity index (χ4n) is 2.47. The van der Waals surface area contributed by atoms with Gasteiger partial charge >= 0.3 is 6.03 Å². The Kier molecular flexibility index (Phi) is 4.53. The smallest absolute Gasteiger partial charge is 0.317 e. The summed E-state index contributed by atoms with van der Waals surface area (Å²) >= 11 is 0. The average molecular weight is 308 g/mol. The van der Waals surface area contributed by atoms with E-state index in [0.29, 0.717) is 56.3 Å². The maximum atomic E-state index is 11.9. The number of hydrogen-bond acceptors (Lipinski definition) is 5. The van der Waals surface area contributed by atoms with Crippen molar-refractivity contribution in [3.63, 3.8) is 0 Å². The van der Waals surface area contributed by atoms with Crippen molar-refractivity contribution in [2.75, 3.05) is 33.0 Å². The van der Waals surface area contributed by atoms with Crippen LogP contribution in [0.5, 0.6) is 17.2 Å². The number of aliphatic hydroxyl groups is 1. The molecule has 2 aliphatic rings. The van der Waals surface area contributed by atoms with E-state index >= 15 is 0 Å². The van der Waals surface area contributed by atoms with Crippen LogP contribution in [0, 0.1) is 0 Å². The summed E-state index contributed by atoms with van der Waals surface area (Å²) in [5, 5.41) is 12.2. The number of ether oxygens (including phenoxy) is 3. The second-order valence-corrected chi connectivity index (χ2v) is 5.31. The molecule has 2 heterocycles. The maximum absolute atomic E-state index is 11.9. The molecule has 0 atom stereocenters. The molecule has 2 N–H and O–H groups in total. The zero-order valence-corrected chi connectivity index (χ0v) is 12.3. The minimum atomic E-state index is -0.279. The highest BCUT2D eigenvalue weighted by Crippen LogP contribution is 2.34. The molecule has 1 aromatic rings. The second kappa shape index (κ2) is 6.74. The Morgan fingerprint density at radius 2 is 2.09 bits per heavy atom. The first-order valence-electron chi connectivity index (χ1n) is 7.45. The fourth-order valence-corrected chi connectivity index (χ4v) is 2.47. The van der Waals surface area contributed by atoms with Crippen LogP contribution >= 0.6 is 0 Å². The largest absolute Gasteiger partial charge is 0.492 e. The fraction of sp³-hybridized carbons (Fsp3) is 0.533. The third kappa shape index (κ3) is 3.54. The number of nitrogens with one attached hydrogen (secondary N) is 1. The van der Waals surface area contributed by atoms with Crippen molar-refractivity contribution in [1.29, 1.82) is 0 Å². The van der Waals surface area contributed by atoms with Gasteiger partial charge in [-0.2, -0.15) is 0 Å². The van der Waals surface area contributed by atoms with E-state index in [1.54, 1.807) is 23.1 Å². The van der Waals surface area contributed by atoms with E-state index < -0.39 is 0 Å². The van der Waals surface area contributed by atoms with E-state index in [1.807, 2.05) is 0 Å². The van der Waals surface area contributed by atoms with Crippen LogP contribution in [0.1, 0.15) is 12.8 Å². The van der Waals surface area contributed by atoms with Crippen molar-refractivity contribution in [2.24, 2.45) is 0 Å². The van der Waals surface area contributed by atoms with E-state index in [0.717, 1.165) is 0 Å². The van der Waals surface area contributed by atoms with E-state index in [-0.39, 0.29) is 18.9 Å². The Labute approximate surface area is 128 Å². The SMILES string of the molecule is O=C(NCCOc1ccc2c(c1)OCO2)N1CCC(O)CC1. The van der Waals surface area contributed by atoms with Crippen LogP contribution < -0.4 is 19.5 Å². The molecule has 0 aromatic heterocycles. The van der Waals surface area contributed by atoms with Crippen LogP contribution in [0.2, 0.25) is 0 Å². The normalized spacial score (nSPS) is 17.4. The number of aliphatic hydroxyl groups excluding tert-OH is 1. The number of piperidine rings is 1. The number of hydrogen-bond donors (Lipinski definition) is 2. The number of benzene rings is 1. The average Bonchev–Trinajstić information content (AvgIpc) is 2.99. The van der Waals surface area contributed by atoms with E-state index in [9.17, 15) is 9.90 Å². The van der Waals surface area contributed by atoms with Crippen molar-refractivity contribution in [3.8, 4) is 17.2 Å². The number of fused-ring (bicyclic) bond motifs is 1. The van der Waals surface area contributed by atoms with Crippen molar-refractivity contribution in [3.05, 3.63) is 18.2 Å². The van der Waals surface area contributed by atoms with E-state index in [1.165, 1.54) is 0 Å². The maximum Gasteiger partial charge on any atom is 0.317 e. The summed E-state index contributed by atoms with van der Waals surface area (Å²) in [6.45, 7) is 2.22. The summed E-state index contributed by atoms with van der Waals surface area (Å²) in [5.74, 6) is 2.07. The summed E-state index contributed by atoms with van der Waals surface area (Å²) in [6, 6.07) is 5.27. The van der Waals surface area contributed by atoms with Gasteiger partial charge in [0.25, 0.3) is 0 Å². The molecule has 2 aliphatic heterocycles. The summed E-state index contributed by atoms with van der Waals surface area (Å²) in [6.07, 6.45) is 1.00. The van der Waals surface area contributed by atoms with Crippen LogP contribution in [-0.4, -0.2) is 55.2 Å². The molecule has 0 aliphatic carbocycles. The first-order valence-corrected chi connectivity index (χ1v) is 7.45. The Bertz CT molecular complexity index is 529. The molecule has 0 unspecified atom stereocenters. The highest BCUT2D eigenvalue weighted by molar-refractivity contribution is 5.74. The summed E-state index contributed by atoms with van der Waals surface area (Å²) in [7, 11) is 0.